The first-order valence-electron chi connectivity index (χ1n) is 13.4. The summed E-state index contributed by atoms with van der Waals surface area (Å²) in [6, 6.07) is 6.75. The van der Waals surface area contributed by atoms with Crippen molar-refractivity contribution in [2.75, 3.05) is 18.1 Å². The van der Waals surface area contributed by atoms with Gasteiger partial charge < -0.3 is 29.7 Å². The molecule has 198 valence electrons. The Kier molecular flexibility index (Phi) is 15.5. The third-order valence-electron chi connectivity index (χ3n) is 6.61. The molecule has 0 heterocycles. The summed E-state index contributed by atoms with van der Waals surface area (Å²) in [4.78, 5) is 1.84. The van der Waals surface area contributed by atoms with Gasteiger partial charge >= 0.3 is 0 Å². The van der Waals surface area contributed by atoms with E-state index in [-0.39, 0.29) is 5.75 Å². The van der Waals surface area contributed by atoms with Crippen molar-refractivity contribution in [3.63, 3.8) is 0 Å². The number of phenolic OH excluding ortho intramolecular Hbond substituents is 1. The lowest BCUT2D eigenvalue weighted by atomic mass is 10.0. The predicted molar refractivity (Wildman–Crippen MR) is 140 cm³/mol. The molecular formula is C28H51NO5. The molecular weight excluding hydrogens is 430 g/mol. The molecule has 0 aliphatic carbocycles. The number of benzene rings is 1. The lowest BCUT2D eigenvalue weighted by molar-refractivity contribution is -0.101. The fourth-order valence-electron chi connectivity index (χ4n) is 4.23. The van der Waals surface area contributed by atoms with Gasteiger partial charge in [-0.2, -0.15) is 0 Å². The summed E-state index contributed by atoms with van der Waals surface area (Å²) in [5.41, 5.74) is 0.720. The molecule has 0 aliphatic heterocycles. The van der Waals surface area contributed by atoms with Crippen LogP contribution in [0.1, 0.15) is 92.9 Å². The maximum atomic E-state index is 10.8. The van der Waals surface area contributed by atoms with Gasteiger partial charge in [0.1, 0.15) is 5.75 Å². The Morgan fingerprint density at radius 2 is 1.15 bits per heavy atom. The smallest absolute Gasteiger partial charge is 0.158 e. The number of hydrogen-bond acceptors (Lipinski definition) is 6. The van der Waals surface area contributed by atoms with Crippen molar-refractivity contribution in [1.29, 1.82) is 0 Å². The summed E-state index contributed by atoms with van der Waals surface area (Å²) in [7, 11) is 0. The van der Waals surface area contributed by atoms with Gasteiger partial charge in [-0.3, -0.25) is 0 Å². The topological polar surface area (TPSA) is 82.4 Å². The molecule has 0 radical (unpaired) electrons. The molecule has 1 rings (SSSR count). The molecule has 1 aromatic rings. The van der Waals surface area contributed by atoms with E-state index in [4.69, 9.17) is 9.47 Å². The summed E-state index contributed by atoms with van der Waals surface area (Å²) in [5, 5.41) is 31.4. The molecule has 0 saturated heterocycles. The Morgan fingerprint density at radius 3 is 1.47 bits per heavy atom. The van der Waals surface area contributed by atoms with Crippen LogP contribution in [0.2, 0.25) is 0 Å². The van der Waals surface area contributed by atoms with Crippen molar-refractivity contribution in [2.45, 2.75) is 118 Å². The number of unbranched alkanes of at least 4 members (excludes halogenated alkanes) is 2. The van der Waals surface area contributed by atoms with Crippen LogP contribution in [-0.4, -0.2) is 53.2 Å². The molecule has 6 heteroatoms. The number of aliphatic hydroxyl groups is 2. The van der Waals surface area contributed by atoms with Gasteiger partial charge in [0.2, 0.25) is 0 Å². The van der Waals surface area contributed by atoms with E-state index in [1.165, 1.54) is 0 Å². The van der Waals surface area contributed by atoms with Crippen LogP contribution < -0.4 is 4.90 Å². The minimum absolute atomic E-state index is 0.156. The number of aromatic hydroxyl groups is 1. The van der Waals surface area contributed by atoms with E-state index in [1.807, 2.05) is 4.90 Å². The SMILES string of the molecule is CCCCC(CC)COC(C(C)O)N(c1ccc(O)cc1)C(OCC(CC)CCCC)C(C)O. The highest BCUT2D eigenvalue weighted by atomic mass is 16.5. The molecule has 6 unspecified atom stereocenters. The van der Waals surface area contributed by atoms with Crippen LogP contribution in [0.4, 0.5) is 5.69 Å². The van der Waals surface area contributed by atoms with E-state index >= 15 is 0 Å². The number of nitrogens with zero attached hydrogens (tertiary/aromatic N) is 1. The molecule has 6 nitrogen and oxygen atoms in total. The maximum absolute atomic E-state index is 10.8. The zero-order valence-electron chi connectivity index (χ0n) is 22.4. The van der Waals surface area contributed by atoms with Crippen LogP contribution in [0, 0.1) is 11.8 Å². The average molecular weight is 482 g/mol. The summed E-state index contributed by atoms with van der Waals surface area (Å²) in [6.07, 6.45) is 5.76. The van der Waals surface area contributed by atoms with Gasteiger partial charge in [0, 0.05) is 5.69 Å². The quantitative estimate of drug-likeness (QED) is 0.208. The number of anilines is 1. The normalized spacial score (nSPS) is 17.1. The third-order valence-corrected chi connectivity index (χ3v) is 6.61. The second-order valence-corrected chi connectivity index (χ2v) is 9.69. The van der Waals surface area contributed by atoms with Crippen molar-refractivity contribution < 1.29 is 24.8 Å². The molecule has 0 saturated carbocycles. The number of hydrogen-bond donors (Lipinski definition) is 3. The fourth-order valence-corrected chi connectivity index (χ4v) is 4.23. The molecule has 0 spiro atoms. The molecule has 0 amide bonds. The first-order valence-corrected chi connectivity index (χ1v) is 13.4. The molecule has 3 N–H and O–H groups in total. The zero-order valence-corrected chi connectivity index (χ0v) is 22.4. The third kappa shape index (κ3) is 10.5. The van der Waals surface area contributed by atoms with E-state index in [1.54, 1.807) is 38.1 Å². The highest BCUT2D eigenvalue weighted by Gasteiger charge is 2.35. The lowest BCUT2D eigenvalue weighted by Crippen LogP contribution is -2.55. The van der Waals surface area contributed by atoms with Gasteiger partial charge in [-0.25, -0.2) is 0 Å². The van der Waals surface area contributed by atoms with E-state index in [0.29, 0.717) is 25.0 Å². The van der Waals surface area contributed by atoms with E-state index in [2.05, 4.69) is 27.7 Å². The predicted octanol–water partition coefficient (Wildman–Crippen LogP) is 6.08. The van der Waals surface area contributed by atoms with Gasteiger partial charge in [-0.15, -0.1) is 0 Å². The van der Waals surface area contributed by atoms with E-state index in [0.717, 1.165) is 57.1 Å². The minimum Gasteiger partial charge on any atom is -0.508 e. The second kappa shape index (κ2) is 17.1. The highest BCUT2D eigenvalue weighted by molar-refractivity contribution is 5.50. The monoisotopic (exact) mass is 481 g/mol. The van der Waals surface area contributed by atoms with Crippen LogP contribution >= 0.6 is 0 Å². The minimum atomic E-state index is -0.815. The molecule has 0 aromatic heterocycles. The summed E-state index contributed by atoms with van der Waals surface area (Å²) in [6.45, 7) is 13.2. The number of phenols is 1. The van der Waals surface area contributed by atoms with Crippen LogP contribution in [0.25, 0.3) is 0 Å². The van der Waals surface area contributed by atoms with Crippen LogP contribution in [-0.2, 0) is 9.47 Å². The maximum Gasteiger partial charge on any atom is 0.158 e. The Bertz CT molecular complexity index is 590. The van der Waals surface area contributed by atoms with Gasteiger partial charge in [-0.05, 0) is 62.8 Å². The fraction of sp³-hybridized carbons (Fsp3) is 0.786. The van der Waals surface area contributed by atoms with Crippen molar-refractivity contribution in [1.82, 2.24) is 0 Å². The zero-order chi connectivity index (χ0) is 25.5. The molecule has 34 heavy (non-hydrogen) atoms. The molecule has 0 bridgehead atoms. The van der Waals surface area contributed by atoms with Gasteiger partial charge in [0.25, 0.3) is 0 Å². The lowest BCUT2D eigenvalue weighted by Gasteiger charge is -2.42. The van der Waals surface area contributed by atoms with Crippen LogP contribution in [0.3, 0.4) is 0 Å². The van der Waals surface area contributed by atoms with Gasteiger partial charge in [-0.1, -0.05) is 66.2 Å². The Hall–Kier alpha value is -1.34. The first-order chi connectivity index (χ1) is 16.3. The molecule has 0 fully saturated rings. The molecule has 1 aromatic carbocycles. The number of aliphatic hydroxyl groups excluding tert-OH is 2. The standard InChI is InChI=1S/C28H51NO5/c1-7-11-13-23(9-3)19-33-27(21(5)30)29(25-15-17-26(32)18-16-25)28(22(6)31)34-20-24(10-4)14-12-8-2/h15-18,21-24,27-28,30-32H,7-14,19-20H2,1-6H3. The summed E-state index contributed by atoms with van der Waals surface area (Å²) >= 11 is 0. The Balaban J connectivity index is 3.21. The van der Waals surface area contributed by atoms with Gasteiger partial charge in [0.15, 0.2) is 12.5 Å². The number of rotatable bonds is 19. The van der Waals surface area contributed by atoms with E-state index in [9.17, 15) is 15.3 Å². The largest absolute Gasteiger partial charge is 0.508 e. The van der Waals surface area contributed by atoms with Crippen molar-refractivity contribution in [2.24, 2.45) is 11.8 Å². The average Bonchev–Trinajstić information content (AvgIpc) is 2.82. The van der Waals surface area contributed by atoms with Crippen molar-refractivity contribution >= 4 is 5.69 Å². The molecule has 6 atom stereocenters. The van der Waals surface area contributed by atoms with Crippen molar-refractivity contribution in [3.8, 4) is 5.75 Å². The summed E-state index contributed by atoms with van der Waals surface area (Å²) in [5.74, 6) is 0.976. The first kappa shape index (κ1) is 30.7. The summed E-state index contributed by atoms with van der Waals surface area (Å²) < 4.78 is 12.7. The Morgan fingerprint density at radius 1 is 0.735 bits per heavy atom. The van der Waals surface area contributed by atoms with E-state index < -0.39 is 24.7 Å². The molecule has 0 aliphatic rings. The highest BCUT2D eigenvalue weighted by Crippen LogP contribution is 2.28. The Labute approximate surface area is 208 Å². The van der Waals surface area contributed by atoms with Crippen molar-refractivity contribution in [3.05, 3.63) is 24.3 Å². The van der Waals surface area contributed by atoms with Crippen LogP contribution in [0.5, 0.6) is 5.75 Å². The number of ether oxygens (including phenoxy) is 2. The second-order valence-electron chi connectivity index (χ2n) is 9.69. The van der Waals surface area contributed by atoms with Gasteiger partial charge in [0.05, 0.1) is 25.4 Å². The van der Waals surface area contributed by atoms with Crippen LogP contribution in [0.15, 0.2) is 24.3 Å².